The second-order valence-electron chi connectivity index (χ2n) is 7.75. The van der Waals surface area contributed by atoms with Crippen LogP contribution in [0.4, 0.5) is 14.5 Å². The van der Waals surface area contributed by atoms with E-state index < -0.39 is 35.3 Å². The molecule has 0 unspecified atom stereocenters. The molecule has 1 heterocycles. The van der Waals surface area contributed by atoms with Crippen molar-refractivity contribution in [2.24, 2.45) is 0 Å². The number of amides is 1. The molecule has 6 nitrogen and oxygen atoms in total. The molecule has 0 bridgehead atoms. The maximum Gasteiger partial charge on any atom is 0.331 e. The number of carbonyl (C=O) groups is 1. The predicted octanol–water partition coefficient (Wildman–Crippen LogP) is 3.63. The SMILES string of the molecule is Cc1cccc(CCn2c(=O)c3ccccc3n(CC(=O)Nc3ccc(F)cc3F)c2=O)c1. The van der Waals surface area contributed by atoms with Gasteiger partial charge in [-0.05, 0) is 43.2 Å². The average molecular weight is 449 g/mol. The summed E-state index contributed by atoms with van der Waals surface area (Å²) < 4.78 is 29.3. The molecule has 4 rings (SSSR count). The fourth-order valence-corrected chi connectivity index (χ4v) is 3.75. The molecule has 0 saturated heterocycles. The van der Waals surface area contributed by atoms with Gasteiger partial charge in [0.15, 0.2) is 0 Å². The highest BCUT2D eigenvalue weighted by Gasteiger charge is 2.16. The van der Waals surface area contributed by atoms with Gasteiger partial charge in [0, 0.05) is 12.6 Å². The van der Waals surface area contributed by atoms with Crippen LogP contribution in [0.5, 0.6) is 0 Å². The molecule has 0 saturated carbocycles. The van der Waals surface area contributed by atoms with Gasteiger partial charge in [-0.25, -0.2) is 13.6 Å². The number of nitrogens with zero attached hydrogens (tertiary/aromatic N) is 2. The van der Waals surface area contributed by atoms with Gasteiger partial charge in [-0.2, -0.15) is 0 Å². The lowest BCUT2D eigenvalue weighted by Crippen LogP contribution is -2.42. The van der Waals surface area contributed by atoms with E-state index in [-0.39, 0.29) is 12.2 Å². The first-order valence-corrected chi connectivity index (χ1v) is 10.4. The van der Waals surface area contributed by atoms with Crippen molar-refractivity contribution < 1.29 is 13.6 Å². The monoisotopic (exact) mass is 449 g/mol. The van der Waals surface area contributed by atoms with Crippen molar-refractivity contribution >= 4 is 22.5 Å². The number of halogens is 2. The van der Waals surface area contributed by atoms with E-state index in [4.69, 9.17) is 0 Å². The Bertz CT molecular complexity index is 1470. The van der Waals surface area contributed by atoms with Crippen LogP contribution >= 0.6 is 0 Å². The summed E-state index contributed by atoms with van der Waals surface area (Å²) in [4.78, 5) is 38.8. The summed E-state index contributed by atoms with van der Waals surface area (Å²) in [6.45, 7) is 1.66. The fourth-order valence-electron chi connectivity index (χ4n) is 3.75. The zero-order chi connectivity index (χ0) is 23.5. The van der Waals surface area contributed by atoms with Crippen LogP contribution in [0.1, 0.15) is 11.1 Å². The molecule has 1 aromatic heterocycles. The Morgan fingerprint density at radius 2 is 1.73 bits per heavy atom. The van der Waals surface area contributed by atoms with Gasteiger partial charge in [0.1, 0.15) is 18.2 Å². The number of nitrogens with one attached hydrogen (secondary N) is 1. The van der Waals surface area contributed by atoms with E-state index in [1.54, 1.807) is 24.3 Å². The molecule has 0 aliphatic rings. The molecule has 0 atom stereocenters. The number of anilines is 1. The highest BCUT2D eigenvalue weighted by atomic mass is 19.1. The first kappa shape index (κ1) is 22.1. The summed E-state index contributed by atoms with van der Waals surface area (Å²) in [6, 6.07) is 17.1. The van der Waals surface area contributed by atoms with Crippen molar-refractivity contribution in [1.82, 2.24) is 9.13 Å². The second kappa shape index (κ2) is 9.20. The number of carbonyl (C=O) groups excluding carboxylic acids is 1. The van der Waals surface area contributed by atoms with Crippen molar-refractivity contribution in [2.45, 2.75) is 26.4 Å². The topological polar surface area (TPSA) is 73.1 Å². The van der Waals surface area contributed by atoms with Crippen LogP contribution in [0.25, 0.3) is 10.9 Å². The average Bonchev–Trinajstić information content (AvgIpc) is 2.78. The maximum atomic E-state index is 13.9. The van der Waals surface area contributed by atoms with Crippen molar-refractivity contribution in [3.05, 3.63) is 110 Å². The van der Waals surface area contributed by atoms with E-state index >= 15 is 0 Å². The minimum Gasteiger partial charge on any atom is -0.322 e. The zero-order valence-corrected chi connectivity index (χ0v) is 17.8. The van der Waals surface area contributed by atoms with E-state index in [1.807, 2.05) is 31.2 Å². The summed E-state index contributed by atoms with van der Waals surface area (Å²) in [5, 5.41) is 2.64. The molecule has 8 heteroatoms. The summed E-state index contributed by atoms with van der Waals surface area (Å²) in [5.74, 6) is -2.38. The number of para-hydroxylation sites is 1. The van der Waals surface area contributed by atoms with Crippen LogP contribution in [-0.2, 0) is 24.3 Å². The molecule has 1 N–H and O–H groups in total. The van der Waals surface area contributed by atoms with E-state index in [0.29, 0.717) is 23.4 Å². The van der Waals surface area contributed by atoms with Crippen molar-refractivity contribution in [3.63, 3.8) is 0 Å². The lowest BCUT2D eigenvalue weighted by atomic mass is 10.1. The Kier molecular flexibility index (Phi) is 6.17. The first-order valence-electron chi connectivity index (χ1n) is 10.4. The molecule has 0 aliphatic carbocycles. The van der Waals surface area contributed by atoms with Gasteiger partial charge in [0.05, 0.1) is 16.6 Å². The van der Waals surface area contributed by atoms with E-state index in [1.165, 1.54) is 4.57 Å². The highest BCUT2D eigenvalue weighted by molar-refractivity contribution is 5.91. The van der Waals surface area contributed by atoms with Crippen molar-refractivity contribution in [1.29, 1.82) is 0 Å². The number of benzene rings is 3. The summed E-state index contributed by atoms with van der Waals surface area (Å²) in [6.07, 6.45) is 0.460. The van der Waals surface area contributed by atoms with E-state index in [2.05, 4.69) is 5.32 Å². The Balaban J connectivity index is 1.69. The smallest absolute Gasteiger partial charge is 0.322 e. The van der Waals surface area contributed by atoms with E-state index in [9.17, 15) is 23.2 Å². The Morgan fingerprint density at radius 1 is 0.939 bits per heavy atom. The third-order valence-corrected chi connectivity index (χ3v) is 5.35. The molecule has 0 spiro atoms. The van der Waals surface area contributed by atoms with E-state index in [0.717, 1.165) is 27.8 Å². The Morgan fingerprint density at radius 3 is 2.48 bits per heavy atom. The molecule has 0 aliphatic heterocycles. The number of rotatable bonds is 6. The third kappa shape index (κ3) is 4.74. The quantitative estimate of drug-likeness (QED) is 0.489. The van der Waals surface area contributed by atoms with Gasteiger partial charge in [-0.15, -0.1) is 0 Å². The summed E-state index contributed by atoms with van der Waals surface area (Å²) in [5.41, 5.74) is 1.07. The maximum absolute atomic E-state index is 13.9. The summed E-state index contributed by atoms with van der Waals surface area (Å²) in [7, 11) is 0. The van der Waals surface area contributed by atoms with Gasteiger partial charge >= 0.3 is 5.69 Å². The van der Waals surface area contributed by atoms with Crippen LogP contribution in [0.2, 0.25) is 0 Å². The number of hydrogen-bond acceptors (Lipinski definition) is 3. The van der Waals surface area contributed by atoms with Crippen LogP contribution in [-0.4, -0.2) is 15.0 Å². The lowest BCUT2D eigenvalue weighted by molar-refractivity contribution is -0.116. The van der Waals surface area contributed by atoms with Crippen LogP contribution < -0.4 is 16.6 Å². The van der Waals surface area contributed by atoms with Crippen LogP contribution in [0.3, 0.4) is 0 Å². The minimum absolute atomic E-state index is 0.139. The van der Waals surface area contributed by atoms with Crippen molar-refractivity contribution in [2.75, 3.05) is 5.32 Å². The second-order valence-corrected chi connectivity index (χ2v) is 7.75. The van der Waals surface area contributed by atoms with Gasteiger partial charge < -0.3 is 5.32 Å². The molecule has 0 radical (unpaired) electrons. The number of aryl methyl sites for hydroxylation is 2. The molecular formula is C25H21F2N3O3. The summed E-state index contributed by atoms with van der Waals surface area (Å²) >= 11 is 0. The standard InChI is InChI=1S/C25H21F2N3O3/c1-16-5-4-6-17(13-16)11-12-29-24(32)19-7-2-3-8-22(19)30(25(29)33)15-23(31)28-21-10-9-18(26)14-20(21)27/h2-10,13-14H,11-12,15H2,1H3,(H,28,31). The predicted molar refractivity (Wildman–Crippen MR) is 122 cm³/mol. The molecule has 1 amide bonds. The lowest BCUT2D eigenvalue weighted by Gasteiger charge is -2.14. The van der Waals surface area contributed by atoms with Crippen molar-refractivity contribution in [3.8, 4) is 0 Å². The molecule has 3 aromatic carbocycles. The number of aromatic nitrogens is 2. The van der Waals surface area contributed by atoms with Gasteiger partial charge in [-0.3, -0.25) is 18.7 Å². The van der Waals surface area contributed by atoms with Crippen LogP contribution in [0.15, 0.2) is 76.3 Å². The normalized spacial score (nSPS) is 11.0. The van der Waals surface area contributed by atoms with Gasteiger partial charge in [-0.1, -0.05) is 42.0 Å². The first-order chi connectivity index (χ1) is 15.8. The molecular weight excluding hydrogens is 428 g/mol. The van der Waals surface area contributed by atoms with Gasteiger partial charge in [0.2, 0.25) is 5.91 Å². The van der Waals surface area contributed by atoms with Gasteiger partial charge in [0.25, 0.3) is 5.56 Å². The Labute approximate surface area is 187 Å². The Hall–Kier alpha value is -4.07. The van der Waals surface area contributed by atoms with Crippen LogP contribution in [0, 0.1) is 18.6 Å². The fraction of sp³-hybridized carbons (Fsp3) is 0.160. The minimum atomic E-state index is -0.927. The highest BCUT2D eigenvalue weighted by Crippen LogP contribution is 2.15. The number of hydrogen-bond donors (Lipinski definition) is 1. The number of fused-ring (bicyclic) bond motifs is 1. The zero-order valence-electron chi connectivity index (χ0n) is 17.8. The molecule has 33 heavy (non-hydrogen) atoms. The largest absolute Gasteiger partial charge is 0.331 e. The molecule has 168 valence electrons. The molecule has 4 aromatic rings. The molecule has 0 fully saturated rings. The third-order valence-electron chi connectivity index (χ3n) is 5.35.